The Hall–Kier alpha value is -5.46. The number of rotatable bonds is 23. The summed E-state index contributed by atoms with van der Waals surface area (Å²) in [6.45, 7) is 32.5. The zero-order valence-electron chi connectivity index (χ0n) is 41.8. The van der Waals surface area contributed by atoms with Gasteiger partial charge in [0.15, 0.2) is 0 Å². The van der Waals surface area contributed by atoms with Gasteiger partial charge in [-0.25, -0.2) is 4.79 Å². The molecular formula is C55H81N5O4S. The maximum atomic E-state index is 12.1. The van der Waals surface area contributed by atoms with E-state index in [-0.39, 0.29) is 17.6 Å². The molecule has 356 valence electrons. The Kier molecular flexibility index (Phi) is 32.8. The number of thiophene rings is 1. The van der Waals surface area contributed by atoms with E-state index in [2.05, 4.69) is 92.2 Å². The van der Waals surface area contributed by atoms with Crippen molar-refractivity contribution in [1.82, 2.24) is 10.6 Å². The number of benzene rings is 2. The molecule has 1 atom stereocenters. The third-order valence-corrected chi connectivity index (χ3v) is 11.8. The molecular weight excluding hydrogens is 827 g/mol. The van der Waals surface area contributed by atoms with Gasteiger partial charge in [0, 0.05) is 52.7 Å². The van der Waals surface area contributed by atoms with Crippen molar-refractivity contribution >= 4 is 51.5 Å². The molecule has 0 saturated heterocycles. The second kappa shape index (κ2) is 35.8. The van der Waals surface area contributed by atoms with Gasteiger partial charge < -0.3 is 25.8 Å². The molecule has 0 radical (unpaired) electrons. The first-order valence-corrected chi connectivity index (χ1v) is 23.8. The molecule has 65 heavy (non-hydrogen) atoms. The molecule has 3 aromatic rings. The summed E-state index contributed by atoms with van der Waals surface area (Å²) in [4.78, 5) is 26.9. The van der Waals surface area contributed by atoms with E-state index in [1.54, 1.807) is 24.3 Å². The van der Waals surface area contributed by atoms with Crippen LogP contribution in [0.2, 0.25) is 0 Å². The lowest BCUT2D eigenvalue weighted by Crippen LogP contribution is -2.24. The van der Waals surface area contributed by atoms with Gasteiger partial charge in [-0.15, -0.1) is 29.4 Å². The number of carbonyl (C=O) groups excluding carboxylic acids is 2. The molecule has 2 aromatic carbocycles. The first kappa shape index (κ1) is 59.5. The summed E-state index contributed by atoms with van der Waals surface area (Å²) >= 11 is 1.81. The third kappa shape index (κ3) is 24.4. The number of para-hydroxylation sites is 1. The number of anilines is 1. The SMILES string of the molecule is C#CC/C(C)=N/N=C(/C)C(C)CC.C=C(CC)c1cccc(C(=O)OC)c1NCCCC(=O)NCCCCCCCCNC.C=C(c1ccc(O)cc1)c1c(C)sc(C)c1C.C=C=CC. The Labute approximate surface area is 397 Å². The zero-order chi connectivity index (χ0) is 49.2. The van der Waals surface area contributed by atoms with Gasteiger partial charge in [-0.1, -0.05) is 90.5 Å². The van der Waals surface area contributed by atoms with Crippen molar-refractivity contribution in [1.29, 1.82) is 0 Å². The van der Waals surface area contributed by atoms with Gasteiger partial charge in [0.05, 0.1) is 18.4 Å². The Bertz CT molecular complexity index is 2010. The zero-order valence-corrected chi connectivity index (χ0v) is 42.6. The molecule has 10 heteroatoms. The average molecular weight is 908 g/mol. The van der Waals surface area contributed by atoms with Crippen molar-refractivity contribution in [3.05, 3.63) is 112 Å². The van der Waals surface area contributed by atoms with E-state index in [0.717, 1.165) is 78.2 Å². The van der Waals surface area contributed by atoms with Crippen molar-refractivity contribution < 1.29 is 19.4 Å². The first-order valence-electron chi connectivity index (χ1n) is 23.0. The molecule has 0 aliphatic rings. The number of hydrogen-bond donors (Lipinski definition) is 4. The number of nitrogens with one attached hydrogen (secondary N) is 3. The average Bonchev–Trinajstić information content (AvgIpc) is 3.57. The summed E-state index contributed by atoms with van der Waals surface area (Å²) in [6.07, 6.45) is 17.7. The predicted molar refractivity (Wildman–Crippen MR) is 283 cm³/mol. The number of amides is 1. The Morgan fingerprint density at radius 3 is 2.03 bits per heavy atom. The van der Waals surface area contributed by atoms with Crippen molar-refractivity contribution in [3.8, 4) is 18.1 Å². The standard InChI is InChI=1S/C25H41N3O3.C15H16OS.C11H18N2.C4H6/c1-5-20(2)21-14-12-15-22(25(30)31-4)24(21)28-19-13-16-23(29)27-18-11-9-7-6-8-10-17-26-3;1-9-11(3)17-12(4)15(9)10(2)13-5-7-14(16)8-6-13;1-6-8-10(4)12-13-11(5)9(3)7-2;1-3-4-2/h12,14-15,26,28H,2,5-11,13,16-19H2,1,3-4H3,(H,27,29);5-8,16H,2H2,1,3-4H3;1,9H,7-8H2,2-5H3;4H,1H2,2H3/b;;12-10+,13-11-;. The van der Waals surface area contributed by atoms with Crippen molar-refractivity contribution in [3.63, 3.8) is 0 Å². The Morgan fingerprint density at radius 2 is 1.51 bits per heavy atom. The smallest absolute Gasteiger partial charge is 0.339 e. The van der Waals surface area contributed by atoms with Crippen molar-refractivity contribution in [2.75, 3.05) is 39.1 Å². The monoisotopic (exact) mass is 908 g/mol. The molecule has 0 fully saturated rings. The van der Waals surface area contributed by atoms with E-state index < -0.39 is 0 Å². The fourth-order valence-electron chi connectivity index (χ4n) is 6.20. The van der Waals surface area contributed by atoms with Gasteiger partial charge in [-0.2, -0.15) is 10.2 Å². The Morgan fingerprint density at radius 1 is 0.908 bits per heavy atom. The van der Waals surface area contributed by atoms with Crippen LogP contribution in [0.4, 0.5) is 5.69 Å². The van der Waals surface area contributed by atoms with Crippen LogP contribution in [-0.2, 0) is 9.53 Å². The number of terminal acetylenes is 1. The van der Waals surface area contributed by atoms with Gasteiger partial charge in [0.1, 0.15) is 5.75 Å². The third-order valence-electron chi connectivity index (χ3n) is 10.7. The topological polar surface area (TPSA) is 124 Å². The van der Waals surface area contributed by atoms with Crippen LogP contribution in [0.15, 0.2) is 84.2 Å². The number of methoxy groups -OCH3 is 1. The van der Waals surface area contributed by atoms with Crippen LogP contribution >= 0.6 is 11.3 Å². The number of aromatic hydroxyl groups is 1. The van der Waals surface area contributed by atoms with Crippen LogP contribution in [0, 0.1) is 39.0 Å². The van der Waals surface area contributed by atoms with Crippen LogP contribution in [0.5, 0.6) is 5.75 Å². The molecule has 0 saturated carbocycles. The number of nitrogens with zero attached hydrogens (tertiary/aromatic N) is 2. The molecule has 0 aliphatic carbocycles. The van der Waals surface area contributed by atoms with E-state index in [1.165, 1.54) is 53.7 Å². The minimum Gasteiger partial charge on any atom is -0.508 e. The summed E-state index contributed by atoms with van der Waals surface area (Å²) in [6, 6.07) is 12.7. The van der Waals surface area contributed by atoms with E-state index in [0.29, 0.717) is 37.3 Å². The van der Waals surface area contributed by atoms with Crippen LogP contribution in [0.1, 0.15) is 155 Å². The Balaban J connectivity index is 0.00000100. The highest BCUT2D eigenvalue weighted by molar-refractivity contribution is 7.12. The summed E-state index contributed by atoms with van der Waals surface area (Å²) in [7, 11) is 3.36. The van der Waals surface area contributed by atoms with E-state index in [1.807, 2.05) is 70.3 Å². The summed E-state index contributed by atoms with van der Waals surface area (Å²) in [5, 5.41) is 27.0. The molecule has 9 nitrogen and oxygen atoms in total. The molecule has 1 aromatic heterocycles. The summed E-state index contributed by atoms with van der Waals surface area (Å²) in [5.41, 5.74) is 12.3. The largest absolute Gasteiger partial charge is 0.508 e. The van der Waals surface area contributed by atoms with Gasteiger partial charge in [0.25, 0.3) is 0 Å². The van der Waals surface area contributed by atoms with Crippen LogP contribution < -0.4 is 16.0 Å². The molecule has 3 rings (SSSR count). The summed E-state index contributed by atoms with van der Waals surface area (Å²) in [5.74, 6) is 3.02. The van der Waals surface area contributed by atoms with Crippen LogP contribution in [0.25, 0.3) is 11.1 Å². The van der Waals surface area contributed by atoms with Crippen molar-refractivity contribution in [2.45, 2.75) is 133 Å². The molecule has 0 aliphatic heterocycles. The number of carbonyl (C=O) groups is 2. The highest BCUT2D eigenvalue weighted by Crippen LogP contribution is 2.35. The number of allylic oxidation sites excluding steroid dienone is 2. The maximum Gasteiger partial charge on any atom is 0.339 e. The number of phenols is 1. The van der Waals surface area contributed by atoms with Crippen LogP contribution in [-0.4, -0.2) is 62.2 Å². The lowest BCUT2D eigenvalue weighted by molar-refractivity contribution is -0.121. The van der Waals surface area contributed by atoms with E-state index in [4.69, 9.17) is 11.2 Å². The van der Waals surface area contributed by atoms with Crippen molar-refractivity contribution in [2.24, 2.45) is 16.1 Å². The number of esters is 1. The molecule has 0 spiro atoms. The molecule has 1 heterocycles. The number of phenolic OH excluding ortho intramolecular Hbond substituents is 1. The maximum absolute atomic E-state index is 12.1. The van der Waals surface area contributed by atoms with Gasteiger partial charge in [0.2, 0.25) is 5.91 Å². The number of ether oxygens (including phenoxy) is 1. The molecule has 1 unspecified atom stereocenters. The summed E-state index contributed by atoms with van der Waals surface area (Å²) < 4.78 is 4.91. The van der Waals surface area contributed by atoms with Gasteiger partial charge in [-0.05, 0) is 145 Å². The normalized spacial score (nSPS) is 11.1. The van der Waals surface area contributed by atoms with E-state index in [9.17, 15) is 14.7 Å². The fraction of sp³-hybridized carbons (Fsp3) is 0.473. The number of unbranched alkanes of at least 4 members (excludes halogenated alkanes) is 5. The van der Waals surface area contributed by atoms with Gasteiger partial charge >= 0.3 is 5.97 Å². The fourth-order valence-corrected chi connectivity index (χ4v) is 7.30. The lowest BCUT2D eigenvalue weighted by atomic mass is 9.96. The minimum absolute atomic E-state index is 0.0789. The lowest BCUT2D eigenvalue weighted by Gasteiger charge is -2.16. The van der Waals surface area contributed by atoms with Crippen LogP contribution in [0.3, 0.4) is 0 Å². The quantitative estimate of drug-likeness (QED) is 0.0188. The highest BCUT2D eigenvalue weighted by atomic mass is 32.1. The van der Waals surface area contributed by atoms with Gasteiger partial charge in [-0.3, -0.25) is 4.79 Å². The number of hydrogen-bond acceptors (Lipinski definition) is 9. The van der Waals surface area contributed by atoms with E-state index >= 15 is 0 Å². The first-order chi connectivity index (χ1) is 31.1. The highest BCUT2D eigenvalue weighted by Gasteiger charge is 2.17. The molecule has 0 bridgehead atoms. The minimum atomic E-state index is -0.381. The second-order valence-corrected chi connectivity index (χ2v) is 17.2. The molecule has 1 amide bonds. The molecule has 4 N–H and O–H groups in total. The predicted octanol–water partition coefficient (Wildman–Crippen LogP) is 13.4. The number of aryl methyl sites for hydroxylation is 2. The second-order valence-electron chi connectivity index (χ2n) is 15.8.